The molecule has 1 aliphatic rings. The van der Waals surface area contributed by atoms with Gasteiger partial charge in [-0.25, -0.2) is 4.98 Å². The molecule has 0 bridgehead atoms. The van der Waals surface area contributed by atoms with Gasteiger partial charge in [-0.2, -0.15) is 0 Å². The molecule has 0 radical (unpaired) electrons. The molecule has 1 aromatic heterocycles. The average molecular weight is 253 g/mol. The molecule has 1 saturated heterocycles. The highest BCUT2D eigenvalue weighted by molar-refractivity contribution is 7.09. The SMILES string of the molecule is Cc1nc(CNCCC2CCN(C)CC2)cs1. The first-order chi connectivity index (χ1) is 8.24. The molecule has 1 fully saturated rings. The maximum atomic E-state index is 4.45. The number of thiazole rings is 1. The van der Waals surface area contributed by atoms with Gasteiger partial charge in [-0.05, 0) is 58.8 Å². The Bertz CT molecular complexity index is 329. The van der Waals surface area contributed by atoms with E-state index in [2.05, 4.69) is 34.6 Å². The summed E-state index contributed by atoms with van der Waals surface area (Å²) >= 11 is 1.73. The Labute approximate surface area is 108 Å². The van der Waals surface area contributed by atoms with Crippen molar-refractivity contribution < 1.29 is 0 Å². The quantitative estimate of drug-likeness (QED) is 0.816. The first-order valence-electron chi connectivity index (χ1n) is 6.54. The molecule has 0 amide bonds. The smallest absolute Gasteiger partial charge is 0.0897 e. The molecule has 0 unspecified atom stereocenters. The normalized spacial score (nSPS) is 18.7. The van der Waals surface area contributed by atoms with Crippen LogP contribution in [0.2, 0.25) is 0 Å². The number of likely N-dealkylation sites (tertiary alicyclic amines) is 1. The Hall–Kier alpha value is -0.450. The van der Waals surface area contributed by atoms with E-state index in [1.807, 2.05) is 0 Å². The molecule has 2 rings (SSSR count). The van der Waals surface area contributed by atoms with Gasteiger partial charge >= 0.3 is 0 Å². The summed E-state index contributed by atoms with van der Waals surface area (Å²) in [7, 11) is 2.22. The maximum absolute atomic E-state index is 4.45. The van der Waals surface area contributed by atoms with Crippen molar-refractivity contribution in [2.24, 2.45) is 5.92 Å². The van der Waals surface area contributed by atoms with Crippen molar-refractivity contribution in [2.45, 2.75) is 32.7 Å². The van der Waals surface area contributed by atoms with Crippen LogP contribution in [0, 0.1) is 12.8 Å². The van der Waals surface area contributed by atoms with Crippen LogP contribution in [0.5, 0.6) is 0 Å². The van der Waals surface area contributed by atoms with E-state index in [9.17, 15) is 0 Å². The third-order valence-corrected chi connectivity index (χ3v) is 4.36. The van der Waals surface area contributed by atoms with E-state index in [0.717, 1.165) is 24.0 Å². The predicted octanol–water partition coefficient (Wildman–Crippen LogP) is 2.27. The van der Waals surface area contributed by atoms with Gasteiger partial charge in [-0.1, -0.05) is 0 Å². The van der Waals surface area contributed by atoms with Gasteiger partial charge in [0.05, 0.1) is 10.7 Å². The first-order valence-corrected chi connectivity index (χ1v) is 7.42. The Morgan fingerprint density at radius 2 is 2.24 bits per heavy atom. The highest BCUT2D eigenvalue weighted by Gasteiger charge is 2.15. The van der Waals surface area contributed by atoms with E-state index < -0.39 is 0 Å². The van der Waals surface area contributed by atoms with E-state index in [-0.39, 0.29) is 0 Å². The fourth-order valence-corrected chi connectivity index (χ4v) is 2.98. The zero-order valence-electron chi connectivity index (χ0n) is 10.9. The molecule has 0 saturated carbocycles. The van der Waals surface area contributed by atoms with Crippen molar-refractivity contribution in [3.63, 3.8) is 0 Å². The van der Waals surface area contributed by atoms with Crippen LogP contribution in [0.1, 0.15) is 30.0 Å². The summed E-state index contributed by atoms with van der Waals surface area (Å²) in [6, 6.07) is 0. The summed E-state index contributed by atoms with van der Waals surface area (Å²) in [5.41, 5.74) is 1.19. The molecule has 0 aliphatic carbocycles. The third-order valence-electron chi connectivity index (χ3n) is 3.54. The fraction of sp³-hybridized carbons (Fsp3) is 0.769. The van der Waals surface area contributed by atoms with Gasteiger partial charge in [0, 0.05) is 11.9 Å². The van der Waals surface area contributed by atoms with E-state index in [1.54, 1.807) is 11.3 Å². The lowest BCUT2D eigenvalue weighted by Crippen LogP contribution is -2.31. The number of rotatable bonds is 5. The summed E-state index contributed by atoms with van der Waals surface area (Å²) in [4.78, 5) is 6.89. The van der Waals surface area contributed by atoms with Gasteiger partial charge in [-0.15, -0.1) is 11.3 Å². The standard InChI is InChI=1S/C13H23N3S/c1-11-15-13(10-17-11)9-14-6-3-12-4-7-16(2)8-5-12/h10,12,14H,3-9H2,1-2H3. The Kier molecular flexibility index (Phi) is 4.95. The first kappa shape index (κ1) is 13.0. The Balaban J connectivity index is 1.57. The number of aryl methyl sites for hydroxylation is 1. The molecule has 1 aliphatic heterocycles. The van der Waals surface area contributed by atoms with Crippen molar-refractivity contribution in [3.05, 3.63) is 16.1 Å². The highest BCUT2D eigenvalue weighted by atomic mass is 32.1. The summed E-state index contributed by atoms with van der Waals surface area (Å²) < 4.78 is 0. The topological polar surface area (TPSA) is 28.2 Å². The number of nitrogens with one attached hydrogen (secondary N) is 1. The molecule has 0 spiro atoms. The molecule has 1 aromatic rings. The monoisotopic (exact) mass is 253 g/mol. The van der Waals surface area contributed by atoms with Crippen molar-refractivity contribution in [2.75, 3.05) is 26.7 Å². The van der Waals surface area contributed by atoms with Gasteiger partial charge < -0.3 is 10.2 Å². The van der Waals surface area contributed by atoms with Gasteiger partial charge in [0.25, 0.3) is 0 Å². The van der Waals surface area contributed by atoms with Crippen LogP contribution in [0.3, 0.4) is 0 Å². The van der Waals surface area contributed by atoms with Crippen molar-refractivity contribution in [1.82, 2.24) is 15.2 Å². The summed E-state index contributed by atoms with van der Waals surface area (Å²) in [5, 5.41) is 6.82. The Morgan fingerprint density at radius 3 is 2.88 bits per heavy atom. The van der Waals surface area contributed by atoms with E-state index in [4.69, 9.17) is 0 Å². The van der Waals surface area contributed by atoms with Crippen LogP contribution >= 0.6 is 11.3 Å². The second-order valence-electron chi connectivity index (χ2n) is 5.07. The summed E-state index contributed by atoms with van der Waals surface area (Å²) in [6.07, 6.45) is 4.05. The van der Waals surface area contributed by atoms with Crippen LogP contribution in [-0.2, 0) is 6.54 Å². The fourth-order valence-electron chi connectivity index (χ4n) is 2.36. The van der Waals surface area contributed by atoms with E-state index in [1.165, 1.54) is 38.0 Å². The molecule has 2 heterocycles. The van der Waals surface area contributed by atoms with Gasteiger partial charge in [0.2, 0.25) is 0 Å². The largest absolute Gasteiger partial charge is 0.311 e. The molecule has 0 atom stereocenters. The lowest BCUT2D eigenvalue weighted by atomic mass is 9.94. The number of aromatic nitrogens is 1. The summed E-state index contributed by atoms with van der Waals surface area (Å²) in [6.45, 7) is 6.67. The van der Waals surface area contributed by atoms with Crippen LogP contribution < -0.4 is 5.32 Å². The predicted molar refractivity (Wildman–Crippen MR) is 73.4 cm³/mol. The molecule has 96 valence electrons. The molecule has 3 nitrogen and oxygen atoms in total. The van der Waals surface area contributed by atoms with Crippen LogP contribution in [0.15, 0.2) is 5.38 Å². The van der Waals surface area contributed by atoms with Gasteiger partial charge in [0.15, 0.2) is 0 Å². The molecule has 0 aromatic carbocycles. The van der Waals surface area contributed by atoms with Gasteiger partial charge in [-0.3, -0.25) is 0 Å². The lowest BCUT2D eigenvalue weighted by molar-refractivity contribution is 0.211. The highest BCUT2D eigenvalue weighted by Crippen LogP contribution is 2.18. The van der Waals surface area contributed by atoms with E-state index in [0.29, 0.717) is 0 Å². The van der Waals surface area contributed by atoms with Gasteiger partial charge in [0.1, 0.15) is 0 Å². The van der Waals surface area contributed by atoms with Crippen LogP contribution in [0.4, 0.5) is 0 Å². The van der Waals surface area contributed by atoms with Crippen molar-refractivity contribution in [3.8, 4) is 0 Å². The molecular weight excluding hydrogens is 230 g/mol. The minimum atomic E-state index is 0.927. The number of nitrogens with zero attached hydrogens (tertiary/aromatic N) is 2. The van der Waals surface area contributed by atoms with Crippen molar-refractivity contribution in [1.29, 1.82) is 0 Å². The lowest BCUT2D eigenvalue weighted by Gasteiger charge is -2.28. The van der Waals surface area contributed by atoms with Crippen LogP contribution in [-0.4, -0.2) is 36.6 Å². The van der Waals surface area contributed by atoms with Crippen molar-refractivity contribution >= 4 is 11.3 Å². The molecule has 1 N–H and O–H groups in total. The minimum Gasteiger partial charge on any atom is -0.311 e. The minimum absolute atomic E-state index is 0.927. The number of hydrogen-bond donors (Lipinski definition) is 1. The third kappa shape index (κ3) is 4.37. The molecule has 17 heavy (non-hydrogen) atoms. The van der Waals surface area contributed by atoms with Crippen LogP contribution in [0.25, 0.3) is 0 Å². The molecule has 4 heteroatoms. The second-order valence-corrected chi connectivity index (χ2v) is 6.13. The zero-order valence-corrected chi connectivity index (χ0v) is 11.7. The van der Waals surface area contributed by atoms with E-state index >= 15 is 0 Å². The maximum Gasteiger partial charge on any atom is 0.0897 e. The Morgan fingerprint density at radius 1 is 1.47 bits per heavy atom. The number of hydrogen-bond acceptors (Lipinski definition) is 4. The number of piperidine rings is 1. The average Bonchev–Trinajstić information content (AvgIpc) is 2.73. The zero-order chi connectivity index (χ0) is 12.1. The summed E-state index contributed by atoms with van der Waals surface area (Å²) in [5.74, 6) is 0.927. The molecular formula is C13H23N3S. The second kappa shape index (κ2) is 6.47.